The molecule has 0 unspecified atom stereocenters. The van der Waals surface area contributed by atoms with Crippen molar-refractivity contribution >= 4 is 17.3 Å². The minimum absolute atomic E-state index is 0.0839. The van der Waals surface area contributed by atoms with Crippen LogP contribution in [0.15, 0.2) is 10.4 Å². The van der Waals surface area contributed by atoms with Crippen LogP contribution in [0.2, 0.25) is 0 Å². The highest BCUT2D eigenvalue weighted by molar-refractivity contribution is 7.09. The molecule has 0 fully saturated rings. The minimum atomic E-state index is -4.42. The third kappa shape index (κ3) is 8.14. The number of aliphatic imine (C=N–C) groups is 1. The Balaban J connectivity index is 2.43. The number of hydrogen-bond donors (Lipinski definition) is 2. The lowest BCUT2D eigenvalue weighted by atomic mass is 10.5. The first kappa shape index (κ1) is 19.7. The Morgan fingerprint density at radius 1 is 1.30 bits per heavy atom. The van der Waals surface area contributed by atoms with Gasteiger partial charge in [0, 0.05) is 25.6 Å². The van der Waals surface area contributed by atoms with E-state index in [4.69, 9.17) is 9.47 Å². The maximum atomic E-state index is 12.5. The largest absolute Gasteiger partial charge is 0.434 e. The summed E-state index contributed by atoms with van der Waals surface area (Å²) in [6, 6.07) is 0. The second kappa shape index (κ2) is 10.4. The van der Waals surface area contributed by atoms with Crippen LogP contribution in [0.1, 0.15) is 17.6 Å². The van der Waals surface area contributed by atoms with E-state index in [9.17, 15) is 13.2 Å². The van der Waals surface area contributed by atoms with E-state index >= 15 is 0 Å². The zero-order valence-electron chi connectivity index (χ0n) is 13.1. The van der Waals surface area contributed by atoms with E-state index in [2.05, 4.69) is 20.6 Å². The molecule has 0 aromatic carbocycles. The number of nitrogens with one attached hydrogen (secondary N) is 2. The van der Waals surface area contributed by atoms with Crippen molar-refractivity contribution in [3.05, 3.63) is 16.1 Å². The third-order valence-corrected chi connectivity index (χ3v) is 3.36. The monoisotopic (exact) mass is 354 g/mol. The molecule has 0 atom stereocenters. The van der Waals surface area contributed by atoms with E-state index in [0.717, 1.165) is 16.7 Å². The average Bonchev–Trinajstić information content (AvgIpc) is 2.97. The molecule has 0 saturated heterocycles. The summed E-state index contributed by atoms with van der Waals surface area (Å²) >= 11 is 0.942. The first-order chi connectivity index (χ1) is 11.0. The molecular weight excluding hydrogens is 333 g/mol. The Bertz CT molecular complexity index is 480. The van der Waals surface area contributed by atoms with Crippen LogP contribution in [-0.2, 0) is 22.2 Å². The van der Waals surface area contributed by atoms with Crippen molar-refractivity contribution in [2.45, 2.75) is 19.6 Å². The lowest BCUT2D eigenvalue weighted by molar-refractivity contribution is -0.140. The van der Waals surface area contributed by atoms with Gasteiger partial charge in [-0.1, -0.05) is 0 Å². The van der Waals surface area contributed by atoms with Crippen LogP contribution in [0, 0.1) is 0 Å². The second-order valence-electron chi connectivity index (χ2n) is 4.35. The number of alkyl halides is 3. The number of nitrogens with zero attached hydrogens (tertiary/aromatic N) is 2. The summed E-state index contributed by atoms with van der Waals surface area (Å²) in [6.07, 6.45) is -4.42. The van der Waals surface area contributed by atoms with Crippen LogP contribution in [0.25, 0.3) is 0 Å². The van der Waals surface area contributed by atoms with Crippen molar-refractivity contribution in [1.29, 1.82) is 0 Å². The highest BCUT2D eigenvalue weighted by Gasteiger charge is 2.33. The lowest BCUT2D eigenvalue weighted by Crippen LogP contribution is -2.39. The number of rotatable bonds is 9. The fraction of sp³-hybridized carbons (Fsp3) is 0.692. The zero-order valence-corrected chi connectivity index (χ0v) is 13.9. The van der Waals surface area contributed by atoms with Crippen molar-refractivity contribution in [3.8, 4) is 0 Å². The van der Waals surface area contributed by atoms with Crippen molar-refractivity contribution in [2.24, 2.45) is 4.99 Å². The third-order valence-electron chi connectivity index (χ3n) is 2.53. The fourth-order valence-corrected chi connectivity index (χ4v) is 2.21. The maximum Gasteiger partial charge on any atom is 0.434 e. The number of ether oxygens (including phenoxy) is 2. The van der Waals surface area contributed by atoms with Crippen LogP contribution >= 0.6 is 11.3 Å². The highest BCUT2D eigenvalue weighted by atomic mass is 32.1. The normalized spacial score (nSPS) is 12.5. The summed E-state index contributed by atoms with van der Waals surface area (Å²) in [5.41, 5.74) is -0.878. The second-order valence-corrected chi connectivity index (χ2v) is 5.29. The first-order valence-electron chi connectivity index (χ1n) is 7.07. The highest BCUT2D eigenvalue weighted by Crippen LogP contribution is 2.30. The van der Waals surface area contributed by atoms with Crippen LogP contribution in [0.3, 0.4) is 0 Å². The summed E-state index contributed by atoms with van der Waals surface area (Å²) in [4.78, 5) is 7.74. The van der Waals surface area contributed by atoms with Crippen molar-refractivity contribution in [2.75, 3.05) is 40.0 Å². The molecule has 23 heavy (non-hydrogen) atoms. The summed E-state index contributed by atoms with van der Waals surface area (Å²) in [5.74, 6) is 0.506. The van der Waals surface area contributed by atoms with Crippen LogP contribution in [-0.4, -0.2) is 51.0 Å². The standard InChI is InChI=1S/C13H21F3N4O2S/c1-3-17-12(18-4-5-22-7-6-21-2)19-8-11-20-10(9-23-11)13(14,15)16/h9H,3-8H2,1-2H3,(H2,17,18,19). The molecule has 10 heteroatoms. The lowest BCUT2D eigenvalue weighted by Gasteiger charge is -2.11. The van der Waals surface area contributed by atoms with Gasteiger partial charge in [0.05, 0.1) is 26.4 Å². The zero-order chi connectivity index (χ0) is 17.1. The molecule has 0 aliphatic heterocycles. The molecule has 0 amide bonds. The molecule has 0 bridgehead atoms. The molecule has 2 N–H and O–H groups in total. The van der Waals surface area contributed by atoms with E-state index in [1.54, 1.807) is 7.11 Å². The van der Waals surface area contributed by atoms with Crippen molar-refractivity contribution in [1.82, 2.24) is 15.6 Å². The van der Waals surface area contributed by atoms with Crippen molar-refractivity contribution < 1.29 is 22.6 Å². The molecule has 0 radical (unpaired) electrons. The van der Waals surface area contributed by atoms with Crippen LogP contribution in [0.4, 0.5) is 13.2 Å². The van der Waals surface area contributed by atoms with E-state index in [-0.39, 0.29) is 6.54 Å². The van der Waals surface area contributed by atoms with Gasteiger partial charge in [-0.2, -0.15) is 13.2 Å². The average molecular weight is 354 g/mol. The summed E-state index contributed by atoms with van der Waals surface area (Å²) in [6.45, 7) is 4.66. The van der Waals surface area contributed by atoms with Gasteiger partial charge < -0.3 is 20.1 Å². The first-order valence-corrected chi connectivity index (χ1v) is 7.95. The van der Waals surface area contributed by atoms with E-state index < -0.39 is 11.9 Å². The van der Waals surface area contributed by atoms with Gasteiger partial charge in [0.1, 0.15) is 5.01 Å². The minimum Gasteiger partial charge on any atom is -0.382 e. The Hall–Kier alpha value is -1.39. The van der Waals surface area contributed by atoms with Gasteiger partial charge >= 0.3 is 6.18 Å². The van der Waals surface area contributed by atoms with Gasteiger partial charge in [-0.25, -0.2) is 9.98 Å². The predicted octanol–water partition coefficient (Wildman–Crippen LogP) is 1.88. The van der Waals surface area contributed by atoms with Crippen LogP contribution in [0.5, 0.6) is 0 Å². The van der Waals surface area contributed by atoms with Crippen LogP contribution < -0.4 is 10.6 Å². The number of guanidine groups is 1. The summed E-state index contributed by atoms with van der Waals surface area (Å²) < 4.78 is 47.6. The molecular formula is C13H21F3N4O2S. The van der Waals surface area contributed by atoms with Gasteiger partial charge in [0.15, 0.2) is 11.7 Å². The van der Waals surface area contributed by atoms with Gasteiger partial charge in [-0.3, -0.25) is 0 Å². The molecule has 0 aliphatic carbocycles. The van der Waals surface area contributed by atoms with E-state index in [1.165, 1.54) is 0 Å². The van der Waals surface area contributed by atoms with Gasteiger partial charge in [0.25, 0.3) is 0 Å². The van der Waals surface area contributed by atoms with E-state index in [1.807, 2.05) is 6.92 Å². The fourth-order valence-electron chi connectivity index (χ4n) is 1.49. The van der Waals surface area contributed by atoms with Gasteiger partial charge in [-0.05, 0) is 6.92 Å². The molecule has 1 aromatic rings. The topological polar surface area (TPSA) is 67.8 Å². The maximum absolute atomic E-state index is 12.5. The summed E-state index contributed by atoms with van der Waals surface area (Å²) in [7, 11) is 1.60. The van der Waals surface area contributed by atoms with Gasteiger partial charge in [0.2, 0.25) is 0 Å². The number of aromatic nitrogens is 1. The molecule has 1 aromatic heterocycles. The molecule has 0 saturated carbocycles. The SMILES string of the molecule is CCNC(=NCc1nc(C(F)(F)F)cs1)NCCOCCOC. The Morgan fingerprint density at radius 2 is 2.09 bits per heavy atom. The number of hydrogen-bond acceptors (Lipinski definition) is 5. The Labute approximate surface area is 137 Å². The molecule has 132 valence electrons. The Morgan fingerprint density at radius 3 is 2.70 bits per heavy atom. The van der Waals surface area contributed by atoms with Crippen molar-refractivity contribution in [3.63, 3.8) is 0 Å². The number of thiazole rings is 1. The molecule has 0 aliphatic rings. The predicted molar refractivity (Wildman–Crippen MR) is 82.6 cm³/mol. The number of halogens is 3. The summed E-state index contributed by atoms with van der Waals surface area (Å²) in [5, 5.41) is 7.34. The van der Waals surface area contributed by atoms with Gasteiger partial charge in [-0.15, -0.1) is 11.3 Å². The molecule has 1 rings (SSSR count). The molecule has 6 nitrogen and oxygen atoms in total. The smallest absolute Gasteiger partial charge is 0.382 e. The number of methoxy groups -OCH3 is 1. The molecule has 0 spiro atoms. The van der Waals surface area contributed by atoms with E-state index in [0.29, 0.717) is 43.9 Å². The Kier molecular flexibility index (Phi) is 8.89. The quantitative estimate of drug-likeness (QED) is 0.403. The molecule has 1 heterocycles.